The summed E-state index contributed by atoms with van der Waals surface area (Å²) in [5.74, 6) is 3.70. The van der Waals surface area contributed by atoms with Crippen molar-refractivity contribution in [3.05, 3.63) is 52.6 Å². The minimum Gasteiger partial charge on any atom is -0.493 e. The predicted molar refractivity (Wildman–Crippen MR) is 149 cm³/mol. The Labute approximate surface area is 210 Å². The first kappa shape index (κ1) is 26.8. The molecule has 1 aliphatic carbocycles. The van der Waals surface area contributed by atoms with Gasteiger partial charge in [0.2, 0.25) is 0 Å². The van der Waals surface area contributed by atoms with Crippen LogP contribution in [0.3, 0.4) is 0 Å². The molecule has 34 heavy (non-hydrogen) atoms. The molecule has 1 aliphatic rings. The summed E-state index contributed by atoms with van der Waals surface area (Å²) >= 11 is 0. The van der Waals surface area contributed by atoms with E-state index in [0.29, 0.717) is 5.92 Å². The van der Waals surface area contributed by atoms with Crippen LogP contribution in [-0.4, -0.2) is 6.61 Å². The van der Waals surface area contributed by atoms with Crippen molar-refractivity contribution in [2.75, 3.05) is 6.61 Å². The van der Waals surface area contributed by atoms with Crippen LogP contribution in [0.1, 0.15) is 109 Å². The summed E-state index contributed by atoms with van der Waals surface area (Å²) in [6.45, 7) is 14.7. The minimum absolute atomic E-state index is 0.642. The molecule has 0 unspecified atom stereocenters. The van der Waals surface area contributed by atoms with Gasteiger partial charge >= 0.3 is 0 Å². The van der Waals surface area contributed by atoms with Crippen molar-refractivity contribution in [3.63, 3.8) is 0 Å². The average Bonchev–Trinajstić information content (AvgIpc) is 2.88. The fraction of sp³-hybridized carbons (Fsp3) is 0.636. The maximum atomic E-state index is 6.54. The van der Waals surface area contributed by atoms with Gasteiger partial charge in [0.05, 0.1) is 6.61 Å². The van der Waals surface area contributed by atoms with Crippen molar-refractivity contribution >= 4 is 0 Å². The molecule has 0 N–H and O–H groups in total. The second kappa shape index (κ2) is 13.4. The molecule has 1 nitrogen and oxygen atoms in total. The van der Waals surface area contributed by atoms with Crippen LogP contribution in [0.5, 0.6) is 5.75 Å². The fourth-order valence-electron chi connectivity index (χ4n) is 5.86. The molecule has 0 spiro atoms. The third kappa shape index (κ3) is 6.67. The highest BCUT2D eigenvalue weighted by atomic mass is 16.5. The van der Waals surface area contributed by atoms with E-state index in [0.717, 1.165) is 37.7 Å². The Morgan fingerprint density at radius 3 is 2.03 bits per heavy atom. The first-order valence-corrected chi connectivity index (χ1v) is 14.4. The Morgan fingerprint density at radius 2 is 1.47 bits per heavy atom. The van der Waals surface area contributed by atoms with Crippen molar-refractivity contribution in [2.45, 2.75) is 112 Å². The van der Waals surface area contributed by atoms with E-state index in [1.165, 1.54) is 90.5 Å². The van der Waals surface area contributed by atoms with Crippen LogP contribution in [0.15, 0.2) is 30.3 Å². The molecule has 0 bridgehead atoms. The quantitative estimate of drug-likeness (QED) is 0.305. The van der Waals surface area contributed by atoms with Gasteiger partial charge in [0.15, 0.2) is 0 Å². The Morgan fingerprint density at radius 1 is 0.824 bits per heavy atom. The van der Waals surface area contributed by atoms with E-state index in [-0.39, 0.29) is 0 Å². The van der Waals surface area contributed by atoms with E-state index in [2.05, 4.69) is 71.9 Å². The summed E-state index contributed by atoms with van der Waals surface area (Å²) in [6.07, 6.45) is 13.8. The first-order valence-electron chi connectivity index (χ1n) is 14.4. The molecule has 0 heterocycles. The summed E-state index contributed by atoms with van der Waals surface area (Å²) in [5, 5.41) is 0. The second-order valence-corrected chi connectivity index (χ2v) is 10.8. The van der Waals surface area contributed by atoms with Crippen LogP contribution in [0.2, 0.25) is 0 Å². The van der Waals surface area contributed by atoms with Gasteiger partial charge in [-0.2, -0.15) is 0 Å². The maximum absolute atomic E-state index is 6.54. The lowest BCUT2D eigenvalue weighted by molar-refractivity contribution is 0.236. The van der Waals surface area contributed by atoms with Gasteiger partial charge in [-0.1, -0.05) is 104 Å². The zero-order valence-corrected chi connectivity index (χ0v) is 23.0. The van der Waals surface area contributed by atoms with Crippen molar-refractivity contribution in [1.82, 2.24) is 0 Å². The molecular weight excluding hydrogens is 412 g/mol. The van der Waals surface area contributed by atoms with Crippen molar-refractivity contribution in [2.24, 2.45) is 17.8 Å². The first-order chi connectivity index (χ1) is 16.5. The Kier molecular flexibility index (Phi) is 10.5. The van der Waals surface area contributed by atoms with Crippen LogP contribution in [0, 0.1) is 17.8 Å². The van der Waals surface area contributed by atoms with Gasteiger partial charge in [-0.05, 0) is 89.3 Å². The zero-order chi connectivity index (χ0) is 24.5. The van der Waals surface area contributed by atoms with Gasteiger partial charge in [0, 0.05) is 0 Å². The molecule has 0 saturated heterocycles. The van der Waals surface area contributed by atoms with Crippen molar-refractivity contribution < 1.29 is 4.74 Å². The van der Waals surface area contributed by atoms with Crippen LogP contribution in [0.4, 0.5) is 0 Å². The van der Waals surface area contributed by atoms with Gasteiger partial charge in [-0.3, -0.25) is 0 Å². The van der Waals surface area contributed by atoms with Crippen LogP contribution in [0.25, 0.3) is 11.1 Å². The molecular formula is C33H50O. The topological polar surface area (TPSA) is 9.23 Å². The predicted octanol–water partition coefficient (Wildman–Crippen LogP) is 9.61. The highest BCUT2D eigenvalue weighted by Crippen LogP contribution is 2.38. The summed E-state index contributed by atoms with van der Waals surface area (Å²) in [7, 11) is 0. The lowest BCUT2D eigenvalue weighted by Gasteiger charge is -2.26. The largest absolute Gasteiger partial charge is 0.493 e. The van der Waals surface area contributed by atoms with Gasteiger partial charge < -0.3 is 4.74 Å². The maximum Gasteiger partial charge on any atom is 0.125 e. The van der Waals surface area contributed by atoms with E-state index in [4.69, 9.17) is 4.74 Å². The van der Waals surface area contributed by atoms with Gasteiger partial charge in [-0.25, -0.2) is 0 Å². The molecule has 188 valence electrons. The van der Waals surface area contributed by atoms with Crippen molar-refractivity contribution in [1.29, 1.82) is 0 Å². The van der Waals surface area contributed by atoms with Gasteiger partial charge in [0.25, 0.3) is 0 Å². The normalized spacial score (nSPS) is 18.4. The molecule has 0 aromatic heterocycles. The molecule has 0 aliphatic heterocycles. The molecule has 1 heteroatoms. The molecule has 1 saturated carbocycles. The average molecular weight is 463 g/mol. The Bertz CT molecular complexity index is 866. The summed E-state index contributed by atoms with van der Waals surface area (Å²) < 4.78 is 6.54. The van der Waals surface area contributed by atoms with Crippen LogP contribution in [-0.2, 0) is 25.7 Å². The Hall–Kier alpha value is -1.76. The molecule has 1 fully saturated rings. The van der Waals surface area contributed by atoms with E-state index in [1.54, 1.807) is 0 Å². The molecule has 2 aromatic rings. The smallest absolute Gasteiger partial charge is 0.125 e. The summed E-state index contributed by atoms with van der Waals surface area (Å²) in [6, 6.07) is 11.9. The van der Waals surface area contributed by atoms with Crippen LogP contribution < -0.4 is 4.74 Å². The van der Waals surface area contributed by atoms with E-state index < -0.39 is 0 Å². The molecule has 3 rings (SSSR count). The highest BCUT2D eigenvalue weighted by molar-refractivity contribution is 5.72. The number of rotatable bonds is 12. The summed E-state index contributed by atoms with van der Waals surface area (Å²) in [5.41, 5.74) is 8.55. The third-order valence-corrected chi connectivity index (χ3v) is 8.52. The second-order valence-electron chi connectivity index (χ2n) is 10.8. The Balaban J connectivity index is 1.81. The van der Waals surface area contributed by atoms with Gasteiger partial charge in [0.1, 0.15) is 5.75 Å². The molecule has 2 aromatic carbocycles. The zero-order valence-electron chi connectivity index (χ0n) is 23.0. The summed E-state index contributed by atoms with van der Waals surface area (Å²) in [4.78, 5) is 0. The number of benzene rings is 2. The van der Waals surface area contributed by atoms with E-state index in [9.17, 15) is 0 Å². The third-order valence-electron chi connectivity index (χ3n) is 8.52. The minimum atomic E-state index is 0.642. The number of ether oxygens (including phenoxy) is 1. The molecule has 0 radical (unpaired) electrons. The van der Waals surface area contributed by atoms with Crippen LogP contribution >= 0.6 is 0 Å². The molecule has 0 amide bonds. The lowest BCUT2D eigenvalue weighted by Crippen LogP contribution is -2.13. The SMILES string of the molecule is CCc1cc(-c2ccc(CCC3CCC(C)CC3)cc2)c(CC)c(CC)c1OCC(CC)CC. The number of hydrogen-bond acceptors (Lipinski definition) is 1. The lowest BCUT2D eigenvalue weighted by atomic mass is 9.80. The highest BCUT2D eigenvalue weighted by Gasteiger charge is 2.20. The van der Waals surface area contributed by atoms with Gasteiger partial charge in [-0.15, -0.1) is 0 Å². The number of aryl methyl sites for hydroxylation is 2. The van der Waals surface area contributed by atoms with E-state index in [1.807, 2.05) is 0 Å². The van der Waals surface area contributed by atoms with Crippen molar-refractivity contribution in [3.8, 4) is 16.9 Å². The standard InChI is InChI=1S/C33H50O/c1-7-25(8-2)23-34-33-28(9-3)22-32(30(10-4)31(33)11-5)29-20-18-27(19-21-29)17-16-26-14-12-24(6)13-15-26/h18-22,24-26H,7-17,23H2,1-6H3. The molecule has 0 atom stereocenters. The monoisotopic (exact) mass is 462 g/mol. The number of hydrogen-bond donors (Lipinski definition) is 0. The van der Waals surface area contributed by atoms with E-state index >= 15 is 0 Å². The fourth-order valence-corrected chi connectivity index (χ4v) is 5.86.